The van der Waals surface area contributed by atoms with Gasteiger partial charge in [-0.25, -0.2) is 0 Å². The summed E-state index contributed by atoms with van der Waals surface area (Å²) in [6.07, 6.45) is 0. The largest absolute Gasteiger partial charge is 0.505 e. The van der Waals surface area contributed by atoms with Crippen LogP contribution in [0, 0.1) is 6.92 Å². The molecular formula is C28H22ClN3O4. The van der Waals surface area contributed by atoms with Crippen molar-refractivity contribution in [3.63, 3.8) is 0 Å². The van der Waals surface area contributed by atoms with Crippen LogP contribution in [0.2, 0.25) is 5.02 Å². The predicted octanol–water partition coefficient (Wildman–Crippen LogP) is 6.11. The molecule has 4 aromatic carbocycles. The van der Waals surface area contributed by atoms with Crippen molar-refractivity contribution in [3.8, 4) is 5.75 Å². The van der Waals surface area contributed by atoms with Gasteiger partial charge in [0.05, 0.1) is 11.3 Å². The summed E-state index contributed by atoms with van der Waals surface area (Å²) in [5.41, 5.74) is 2.24. The lowest BCUT2D eigenvalue weighted by Gasteiger charge is -2.15. The Balaban J connectivity index is 1.67. The fourth-order valence-electron chi connectivity index (χ4n) is 3.40. The highest BCUT2D eigenvalue weighted by atomic mass is 35.5. The van der Waals surface area contributed by atoms with E-state index in [4.69, 9.17) is 11.6 Å². The molecule has 0 saturated heterocycles. The highest BCUT2D eigenvalue weighted by Crippen LogP contribution is 2.33. The normalized spacial score (nSPS) is 10.4. The number of aromatic hydroxyl groups is 1. The van der Waals surface area contributed by atoms with Gasteiger partial charge in [0.1, 0.15) is 0 Å². The van der Waals surface area contributed by atoms with Crippen molar-refractivity contribution in [3.05, 3.63) is 118 Å². The number of rotatable bonds is 6. The molecule has 0 unspecified atom stereocenters. The minimum absolute atomic E-state index is 0.0345. The molecule has 180 valence electrons. The van der Waals surface area contributed by atoms with E-state index in [-0.39, 0.29) is 16.9 Å². The fourth-order valence-corrected chi connectivity index (χ4v) is 3.52. The topological polar surface area (TPSA) is 108 Å². The number of nitrogens with one attached hydrogen (secondary N) is 3. The minimum atomic E-state index is -0.642. The third-order valence-electron chi connectivity index (χ3n) is 5.31. The maximum atomic E-state index is 13.0. The van der Waals surface area contributed by atoms with Gasteiger partial charge in [0.15, 0.2) is 5.75 Å². The van der Waals surface area contributed by atoms with E-state index >= 15 is 0 Å². The summed E-state index contributed by atoms with van der Waals surface area (Å²) >= 11 is 5.91. The molecule has 0 saturated carbocycles. The van der Waals surface area contributed by atoms with Crippen molar-refractivity contribution in [1.82, 2.24) is 0 Å². The molecule has 36 heavy (non-hydrogen) atoms. The van der Waals surface area contributed by atoms with E-state index < -0.39 is 23.5 Å². The maximum absolute atomic E-state index is 13.0. The highest BCUT2D eigenvalue weighted by Gasteiger charge is 2.20. The van der Waals surface area contributed by atoms with Crippen LogP contribution in [0.3, 0.4) is 0 Å². The number of hydrogen-bond acceptors (Lipinski definition) is 4. The molecule has 0 fully saturated rings. The standard InChI is InChI=1S/C28H22ClN3O4/c1-17-7-9-19(10-8-17)27(35)32-24-16-22(31-26(34)18-5-3-2-4-6-18)15-23(25(24)33)28(36)30-21-13-11-20(29)12-14-21/h2-16,33H,1H3,(H,30,36)(H,31,34)(H,32,35). The van der Waals surface area contributed by atoms with Gasteiger partial charge in [-0.2, -0.15) is 0 Å². The van der Waals surface area contributed by atoms with Crippen LogP contribution >= 0.6 is 11.6 Å². The smallest absolute Gasteiger partial charge is 0.259 e. The molecule has 0 aliphatic heterocycles. The minimum Gasteiger partial charge on any atom is -0.505 e. The van der Waals surface area contributed by atoms with Crippen molar-refractivity contribution in [2.75, 3.05) is 16.0 Å². The monoisotopic (exact) mass is 499 g/mol. The van der Waals surface area contributed by atoms with Crippen LogP contribution in [0.5, 0.6) is 5.75 Å². The maximum Gasteiger partial charge on any atom is 0.259 e. The van der Waals surface area contributed by atoms with Crippen LogP contribution in [-0.2, 0) is 0 Å². The Morgan fingerprint density at radius 2 is 1.25 bits per heavy atom. The van der Waals surface area contributed by atoms with E-state index in [1.807, 2.05) is 6.92 Å². The van der Waals surface area contributed by atoms with Gasteiger partial charge in [-0.15, -0.1) is 0 Å². The SMILES string of the molecule is Cc1ccc(C(=O)Nc2cc(NC(=O)c3ccccc3)cc(C(=O)Nc3ccc(Cl)cc3)c2O)cc1. The third-order valence-corrected chi connectivity index (χ3v) is 5.56. The predicted molar refractivity (Wildman–Crippen MR) is 141 cm³/mol. The van der Waals surface area contributed by atoms with Crippen LogP contribution in [0.1, 0.15) is 36.6 Å². The number of phenols is 1. The molecule has 0 aliphatic rings. The van der Waals surface area contributed by atoms with Crippen LogP contribution in [0.4, 0.5) is 17.1 Å². The van der Waals surface area contributed by atoms with Gasteiger partial charge < -0.3 is 21.1 Å². The molecule has 4 rings (SSSR count). The molecule has 8 heteroatoms. The number of carbonyl (C=O) groups is 3. The molecule has 3 amide bonds. The number of amides is 3. The molecule has 0 bridgehead atoms. The lowest BCUT2D eigenvalue weighted by atomic mass is 10.1. The Bertz CT molecular complexity index is 1420. The van der Waals surface area contributed by atoms with E-state index in [0.717, 1.165) is 5.56 Å². The van der Waals surface area contributed by atoms with Crippen molar-refractivity contribution in [2.45, 2.75) is 6.92 Å². The Morgan fingerprint density at radius 3 is 1.92 bits per heavy atom. The second kappa shape index (κ2) is 10.8. The number of carbonyl (C=O) groups excluding carboxylic acids is 3. The third kappa shape index (κ3) is 5.89. The van der Waals surface area contributed by atoms with E-state index in [9.17, 15) is 19.5 Å². The van der Waals surface area contributed by atoms with Gasteiger partial charge in [-0.05, 0) is 67.6 Å². The van der Waals surface area contributed by atoms with Gasteiger partial charge in [-0.3, -0.25) is 14.4 Å². The van der Waals surface area contributed by atoms with Crippen LogP contribution in [0.15, 0.2) is 91.0 Å². The van der Waals surface area contributed by atoms with Gasteiger partial charge >= 0.3 is 0 Å². The molecule has 0 spiro atoms. The zero-order chi connectivity index (χ0) is 25.7. The second-order valence-electron chi connectivity index (χ2n) is 8.02. The first-order valence-corrected chi connectivity index (χ1v) is 11.4. The zero-order valence-electron chi connectivity index (χ0n) is 19.2. The molecule has 0 aliphatic carbocycles. The molecular weight excluding hydrogens is 478 g/mol. The lowest BCUT2D eigenvalue weighted by molar-refractivity contribution is 0.101. The zero-order valence-corrected chi connectivity index (χ0v) is 20.0. The number of hydrogen-bond donors (Lipinski definition) is 4. The molecule has 0 aromatic heterocycles. The van der Waals surface area contributed by atoms with Crippen LogP contribution in [0.25, 0.3) is 0 Å². The fraction of sp³-hybridized carbons (Fsp3) is 0.0357. The number of phenolic OH excluding ortho intramolecular Hbond substituents is 1. The Kier molecular flexibility index (Phi) is 7.32. The summed E-state index contributed by atoms with van der Waals surface area (Å²) in [5, 5.41) is 19.4. The van der Waals surface area contributed by atoms with Crippen LogP contribution < -0.4 is 16.0 Å². The highest BCUT2D eigenvalue weighted by molar-refractivity contribution is 6.30. The number of aryl methyl sites for hydroxylation is 1. The molecule has 4 aromatic rings. The summed E-state index contributed by atoms with van der Waals surface area (Å²) in [7, 11) is 0. The van der Waals surface area contributed by atoms with Gasteiger partial charge in [-0.1, -0.05) is 47.5 Å². The Morgan fingerprint density at radius 1 is 0.667 bits per heavy atom. The van der Waals surface area contributed by atoms with Crippen molar-refractivity contribution < 1.29 is 19.5 Å². The van der Waals surface area contributed by atoms with Crippen LogP contribution in [-0.4, -0.2) is 22.8 Å². The first-order valence-electron chi connectivity index (χ1n) is 11.0. The number of benzene rings is 4. The lowest BCUT2D eigenvalue weighted by Crippen LogP contribution is -2.17. The first kappa shape index (κ1) is 24.5. The van der Waals surface area contributed by atoms with Crippen molar-refractivity contribution in [1.29, 1.82) is 0 Å². The van der Waals surface area contributed by atoms with E-state index in [1.165, 1.54) is 12.1 Å². The molecule has 0 radical (unpaired) electrons. The summed E-state index contributed by atoms with van der Waals surface area (Å²) in [6, 6.07) is 24.6. The Labute approximate surface area is 212 Å². The second-order valence-corrected chi connectivity index (χ2v) is 8.46. The van der Waals surface area contributed by atoms with Crippen molar-refractivity contribution in [2.24, 2.45) is 0 Å². The number of anilines is 3. The van der Waals surface area contributed by atoms with Gasteiger partial charge in [0.25, 0.3) is 17.7 Å². The van der Waals surface area contributed by atoms with E-state index in [2.05, 4.69) is 16.0 Å². The Hall–Kier alpha value is -4.62. The summed E-state index contributed by atoms with van der Waals surface area (Å²) in [6.45, 7) is 1.90. The quantitative estimate of drug-likeness (QED) is 0.189. The van der Waals surface area contributed by atoms with Gasteiger partial charge in [0.2, 0.25) is 0 Å². The molecule has 0 heterocycles. The van der Waals surface area contributed by atoms with Gasteiger partial charge in [0, 0.05) is 27.5 Å². The summed E-state index contributed by atoms with van der Waals surface area (Å²) in [5.74, 6) is -1.99. The summed E-state index contributed by atoms with van der Waals surface area (Å²) in [4.78, 5) is 38.6. The molecule has 4 N–H and O–H groups in total. The van der Waals surface area contributed by atoms with Crippen molar-refractivity contribution >= 4 is 46.4 Å². The average molecular weight is 500 g/mol. The molecule has 0 atom stereocenters. The number of halogens is 1. The molecule has 7 nitrogen and oxygen atoms in total. The van der Waals surface area contributed by atoms with E-state index in [1.54, 1.807) is 78.9 Å². The summed E-state index contributed by atoms with van der Waals surface area (Å²) < 4.78 is 0. The average Bonchev–Trinajstić information content (AvgIpc) is 2.88. The first-order chi connectivity index (χ1) is 17.3. The van der Waals surface area contributed by atoms with E-state index in [0.29, 0.717) is 21.8 Å².